The van der Waals surface area contributed by atoms with Crippen LogP contribution in [-0.2, 0) is 4.79 Å². The molecule has 0 aromatic carbocycles. The van der Waals surface area contributed by atoms with Gasteiger partial charge in [-0.25, -0.2) is 0 Å². The van der Waals surface area contributed by atoms with Crippen molar-refractivity contribution in [2.24, 2.45) is 11.1 Å². The average molecular weight is 172 g/mol. The molecular weight excluding hydrogens is 152 g/mol. The first-order valence-corrected chi connectivity index (χ1v) is 4.33. The molecule has 0 rings (SSSR count). The third-order valence-electron chi connectivity index (χ3n) is 1.31. The van der Waals surface area contributed by atoms with Crippen LogP contribution in [0.25, 0.3) is 0 Å². The molecule has 0 radical (unpaired) electrons. The van der Waals surface area contributed by atoms with E-state index in [1.54, 1.807) is 0 Å². The predicted molar refractivity (Wildman–Crippen MR) is 50.7 cm³/mol. The summed E-state index contributed by atoms with van der Waals surface area (Å²) in [5.41, 5.74) is 5.55. The first-order chi connectivity index (χ1) is 5.31. The minimum atomic E-state index is 0.0360. The van der Waals surface area contributed by atoms with E-state index in [2.05, 4.69) is 5.32 Å². The summed E-state index contributed by atoms with van der Waals surface area (Å²) in [7, 11) is 0. The van der Waals surface area contributed by atoms with Crippen LogP contribution in [0.3, 0.4) is 0 Å². The standard InChI is InChI=1S/C9H20N2O/c1-7(10)6-11-8(12)5-9(2,3)4/h7H,5-6,10H2,1-4H3,(H,11,12). The topological polar surface area (TPSA) is 55.1 Å². The maximum atomic E-state index is 11.2. The van der Waals surface area contributed by atoms with Crippen molar-refractivity contribution in [3.63, 3.8) is 0 Å². The van der Waals surface area contributed by atoms with Crippen LogP contribution in [0.4, 0.5) is 0 Å². The van der Waals surface area contributed by atoms with Gasteiger partial charge in [-0.3, -0.25) is 4.79 Å². The van der Waals surface area contributed by atoms with Crippen LogP contribution in [0.2, 0.25) is 0 Å². The van der Waals surface area contributed by atoms with Gasteiger partial charge < -0.3 is 11.1 Å². The van der Waals surface area contributed by atoms with E-state index in [0.29, 0.717) is 13.0 Å². The summed E-state index contributed by atoms with van der Waals surface area (Å²) >= 11 is 0. The summed E-state index contributed by atoms with van der Waals surface area (Å²) in [6.07, 6.45) is 0.555. The monoisotopic (exact) mass is 172 g/mol. The fraction of sp³-hybridized carbons (Fsp3) is 0.889. The van der Waals surface area contributed by atoms with Gasteiger partial charge in [0.2, 0.25) is 5.91 Å². The zero-order valence-corrected chi connectivity index (χ0v) is 8.48. The molecule has 0 bridgehead atoms. The number of nitrogens with two attached hydrogens (primary N) is 1. The zero-order chi connectivity index (χ0) is 9.78. The summed E-state index contributed by atoms with van der Waals surface area (Å²) in [5, 5.41) is 2.77. The molecule has 0 saturated carbocycles. The lowest BCUT2D eigenvalue weighted by Gasteiger charge is -2.17. The number of carbonyl (C=O) groups is 1. The van der Waals surface area contributed by atoms with Gasteiger partial charge in [-0.1, -0.05) is 20.8 Å². The first kappa shape index (κ1) is 11.4. The Morgan fingerprint density at radius 1 is 1.50 bits per heavy atom. The van der Waals surface area contributed by atoms with Crippen LogP contribution in [-0.4, -0.2) is 18.5 Å². The molecule has 0 aliphatic rings. The Balaban J connectivity index is 3.61. The van der Waals surface area contributed by atoms with Crippen LogP contribution < -0.4 is 11.1 Å². The van der Waals surface area contributed by atoms with Gasteiger partial charge in [0.1, 0.15) is 0 Å². The molecule has 0 aromatic heterocycles. The smallest absolute Gasteiger partial charge is 0.220 e. The lowest BCUT2D eigenvalue weighted by atomic mass is 9.92. The van der Waals surface area contributed by atoms with Crippen LogP contribution >= 0.6 is 0 Å². The van der Waals surface area contributed by atoms with E-state index in [1.165, 1.54) is 0 Å². The van der Waals surface area contributed by atoms with Gasteiger partial charge >= 0.3 is 0 Å². The summed E-state index contributed by atoms with van der Waals surface area (Å²) < 4.78 is 0. The predicted octanol–water partition coefficient (Wildman–Crippen LogP) is 0.886. The average Bonchev–Trinajstić information content (AvgIpc) is 1.79. The minimum absolute atomic E-state index is 0.0360. The maximum absolute atomic E-state index is 11.2. The molecular formula is C9H20N2O. The number of rotatable bonds is 3. The van der Waals surface area contributed by atoms with E-state index < -0.39 is 0 Å². The molecule has 0 heterocycles. The second-order valence-electron chi connectivity index (χ2n) is 4.52. The number of carbonyl (C=O) groups excluding carboxylic acids is 1. The second kappa shape index (κ2) is 4.45. The van der Waals surface area contributed by atoms with Crippen molar-refractivity contribution in [2.45, 2.75) is 40.2 Å². The van der Waals surface area contributed by atoms with Gasteiger partial charge in [0.25, 0.3) is 0 Å². The first-order valence-electron chi connectivity index (χ1n) is 4.33. The van der Waals surface area contributed by atoms with Crippen molar-refractivity contribution in [2.75, 3.05) is 6.54 Å². The summed E-state index contributed by atoms with van der Waals surface area (Å²) in [6.45, 7) is 8.56. The van der Waals surface area contributed by atoms with Crippen molar-refractivity contribution >= 4 is 5.91 Å². The van der Waals surface area contributed by atoms with Crippen molar-refractivity contribution in [1.29, 1.82) is 0 Å². The normalized spacial score (nSPS) is 14.1. The van der Waals surface area contributed by atoms with Crippen LogP contribution in [0.5, 0.6) is 0 Å². The molecule has 1 unspecified atom stereocenters. The van der Waals surface area contributed by atoms with Gasteiger partial charge in [0.15, 0.2) is 0 Å². The van der Waals surface area contributed by atoms with Gasteiger partial charge in [-0.2, -0.15) is 0 Å². The molecule has 0 fully saturated rings. The highest BCUT2D eigenvalue weighted by molar-refractivity contribution is 5.76. The maximum Gasteiger partial charge on any atom is 0.220 e. The van der Waals surface area contributed by atoms with E-state index in [4.69, 9.17) is 5.73 Å². The number of nitrogens with one attached hydrogen (secondary N) is 1. The Kier molecular flexibility index (Phi) is 4.24. The van der Waals surface area contributed by atoms with Crippen LogP contribution in [0.15, 0.2) is 0 Å². The van der Waals surface area contributed by atoms with Crippen LogP contribution in [0.1, 0.15) is 34.1 Å². The number of hydrogen-bond acceptors (Lipinski definition) is 2. The van der Waals surface area contributed by atoms with Crippen molar-refractivity contribution < 1.29 is 4.79 Å². The minimum Gasteiger partial charge on any atom is -0.355 e. The van der Waals surface area contributed by atoms with Gasteiger partial charge in [-0.15, -0.1) is 0 Å². The van der Waals surface area contributed by atoms with Crippen molar-refractivity contribution in [3.8, 4) is 0 Å². The van der Waals surface area contributed by atoms with Crippen molar-refractivity contribution in [1.82, 2.24) is 5.32 Å². The Labute approximate surface area is 74.7 Å². The Morgan fingerprint density at radius 2 is 2.00 bits per heavy atom. The van der Waals surface area contributed by atoms with Gasteiger partial charge in [0.05, 0.1) is 0 Å². The third kappa shape index (κ3) is 7.54. The molecule has 72 valence electrons. The molecule has 1 atom stereocenters. The quantitative estimate of drug-likeness (QED) is 0.664. The van der Waals surface area contributed by atoms with Crippen LogP contribution in [0, 0.1) is 5.41 Å². The van der Waals surface area contributed by atoms with Gasteiger partial charge in [0, 0.05) is 19.0 Å². The Morgan fingerprint density at radius 3 is 2.33 bits per heavy atom. The summed E-state index contributed by atoms with van der Waals surface area (Å²) in [5.74, 6) is 0.0831. The van der Waals surface area contributed by atoms with E-state index in [1.807, 2.05) is 27.7 Å². The molecule has 0 saturated heterocycles. The molecule has 12 heavy (non-hydrogen) atoms. The van der Waals surface area contributed by atoms with E-state index in [9.17, 15) is 4.79 Å². The van der Waals surface area contributed by atoms with Gasteiger partial charge in [-0.05, 0) is 12.3 Å². The number of amides is 1. The SMILES string of the molecule is CC(N)CNC(=O)CC(C)(C)C. The Bertz CT molecular complexity index is 147. The molecule has 3 nitrogen and oxygen atoms in total. The fourth-order valence-corrected chi connectivity index (χ4v) is 0.819. The fourth-order valence-electron chi connectivity index (χ4n) is 0.819. The van der Waals surface area contributed by atoms with E-state index in [-0.39, 0.29) is 17.4 Å². The second-order valence-corrected chi connectivity index (χ2v) is 4.52. The zero-order valence-electron chi connectivity index (χ0n) is 8.48. The summed E-state index contributed by atoms with van der Waals surface area (Å²) in [6, 6.07) is 0.0360. The molecule has 3 N–H and O–H groups in total. The largest absolute Gasteiger partial charge is 0.355 e. The Hall–Kier alpha value is -0.570. The van der Waals surface area contributed by atoms with Crippen molar-refractivity contribution in [3.05, 3.63) is 0 Å². The lowest BCUT2D eigenvalue weighted by Crippen LogP contribution is -2.36. The molecule has 3 heteroatoms. The highest BCUT2D eigenvalue weighted by Gasteiger charge is 2.15. The number of hydrogen-bond donors (Lipinski definition) is 2. The lowest BCUT2D eigenvalue weighted by molar-refractivity contribution is -0.122. The molecule has 1 amide bonds. The highest BCUT2D eigenvalue weighted by atomic mass is 16.1. The molecule has 0 aliphatic heterocycles. The van der Waals surface area contributed by atoms with E-state index in [0.717, 1.165) is 0 Å². The molecule has 0 aromatic rings. The highest BCUT2D eigenvalue weighted by Crippen LogP contribution is 2.17. The molecule has 0 aliphatic carbocycles. The molecule has 0 spiro atoms. The van der Waals surface area contributed by atoms with E-state index >= 15 is 0 Å². The third-order valence-corrected chi connectivity index (χ3v) is 1.31. The summed E-state index contributed by atoms with van der Waals surface area (Å²) in [4.78, 5) is 11.2.